The lowest BCUT2D eigenvalue weighted by atomic mass is 10.2. The van der Waals surface area contributed by atoms with E-state index in [1.807, 2.05) is 43.3 Å². The molecule has 2 aromatic heterocycles. The second kappa shape index (κ2) is 7.27. The number of thiophene rings is 1. The van der Waals surface area contributed by atoms with E-state index in [0.717, 1.165) is 22.0 Å². The minimum atomic E-state index is -3.50. The number of benzene rings is 1. The van der Waals surface area contributed by atoms with Gasteiger partial charge in [-0.2, -0.15) is 9.40 Å². The largest absolute Gasteiger partial charge is 0.369 e. The minimum absolute atomic E-state index is 0.356. The Bertz CT molecular complexity index is 1050. The molecule has 0 aliphatic carbocycles. The molecule has 4 rings (SSSR count). The second-order valence-corrected chi connectivity index (χ2v) is 10.1. The van der Waals surface area contributed by atoms with Crippen molar-refractivity contribution in [1.29, 1.82) is 0 Å². The maximum absolute atomic E-state index is 13.0. The van der Waals surface area contributed by atoms with Gasteiger partial charge in [-0.05, 0) is 43.3 Å². The van der Waals surface area contributed by atoms with E-state index in [9.17, 15) is 8.42 Å². The van der Waals surface area contributed by atoms with Crippen molar-refractivity contribution in [3.8, 4) is 10.6 Å². The van der Waals surface area contributed by atoms with Gasteiger partial charge < -0.3 is 4.90 Å². The summed E-state index contributed by atoms with van der Waals surface area (Å²) in [4.78, 5) is 3.00. The van der Waals surface area contributed by atoms with Crippen molar-refractivity contribution in [2.75, 3.05) is 31.1 Å². The molecule has 3 heterocycles. The summed E-state index contributed by atoms with van der Waals surface area (Å²) >= 11 is 7.32. The molecule has 0 atom stereocenters. The highest BCUT2D eigenvalue weighted by molar-refractivity contribution is 7.91. The van der Waals surface area contributed by atoms with Crippen LogP contribution in [-0.2, 0) is 10.0 Å². The second-order valence-electron chi connectivity index (χ2n) is 6.43. The van der Waals surface area contributed by atoms with Crippen molar-refractivity contribution in [2.45, 2.75) is 11.1 Å². The number of rotatable bonds is 4. The van der Waals surface area contributed by atoms with E-state index in [4.69, 9.17) is 11.6 Å². The lowest BCUT2D eigenvalue weighted by molar-refractivity contribution is 0.386. The molecule has 0 amide bonds. The number of H-pyrrole nitrogens is 1. The van der Waals surface area contributed by atoms with Crippen LogP contribution in [0.15, 0.2) is 46.7 Å². The Morgan fingerprint density at radius 3 is 2.56 bits per heavy atom. The molecule has 27 heavy (non-hydrogen) atoms. The third-order valence-corrected chi connectivity index (χ3v) is 8.25. The number of nitrogens with one attached hydrogen (secondary N) is 1. The van der Waals surface area contributed by atoms with Gasteiger partial charge in [0.25, 0.3) is 10.0 Å². The topological polar surface area (TPSA) is 69.3 Å². The van der Waals surface area contributed by atoms with E-state index >= 15 is 0 Å². The molecular weight excluding hydrogens is 404 g/mol. The molecule has 1 aliphatic rings. The third-order valence-electron chi connectivity index (χ3n) is 4.55. The Labute approximate surface area is 167 Å². The SMILES string of the molecule is Cc1cc(-c2ccc(S(=O)(=O)N3CCN(c4cccc(Cl)c4)CC3)s2)n[nH]1. The molecule has 6 nitrogen and oxygen atoms in total. The zero-order valence-corrected chi connectivity index (χ0v) is 17.1. The summed E-state index contributed by atoms with van der Waals surface area (Å²) in [6.45, 7) is 4.08. The van der Waals surface area contributed by atoms with Crippen LogP contribution >= 0.6 is 22.9 Å². The van der Waals surface area contributed by atoms with E-state index in [1.54, 1.807) is 10.4 Å². The molecule has 1 fully saturated rings. The smallest absolute Gasteiger partial charge is 0.252 e. The molecule has 0 unspecified atom stereocenters. The summed E-state index contributed by atoms with van der Waals surface area (Å²) in [5.74, 6) is 0. The number of piperazine rings is 1. The molecule has 3 aromatic rings. The predicted molar refractivity (Wildman–Crippen MR) is 109 cm³/mol. The van der Waals surface area contributed by atoms with Crippen molar-refractivity contribution in [3.05, 3.63) is 53.2 Å². The first kappa shape index (κ1) is 18.5. The van der Waals surface area contributed by atoms with E-state index < -0.39 is 10.0 Å². The van der Waals surface area contributed by atoms with E-state index in [1.165, 1.54) is 11.3 Å². The van der Waals surface area contributed by atoms with Gasteiger partial charge >= 0.3 is 0 Å². The summed E-state index contributed by atoms with van der Waals surface area (Å²) < 4.78 is 27.9. The van der Waals surface area contributed by atoms with Gasteiger partial charge in [-0.25, -0.2) is 8.42 Å². The highest BCUT2D eigenvalue weighted by atomic mass is 35.5. The predicted octanol–water partition coefficient (Wildman–Crippen LogP) is 3.61. The molecule has 142 valence electrons. The molecule has 0 bridgehead atoms. The molecule has 9 heteroatoms. The number of sulfonamides is 1. The number of halogens is 1. The number of hydrogen-bond acceptors (Lipinski definition) is 5. The van der Waals surface area contributed by atoms with Crippen LogP contribution in [0.25, 0.3) is 10.6 Å². The Balaban J connectivity index is 1.48. The van der Waals surface area contributed by atoms with Crippen molar-refractivity contribution in [3.63, 3.8) is 0 Å². The summed E-state index contributed by atoms with van der Waals surface area (Å²) in [7, 11) is -3.50. The zero-order chi connectivity index (χ0) is 19.0. The first-order chi connectivity index (χ1) is 12.9. The van der Waals surface area contributed by atoms with Crippen molar-refractivity contribution in [1.82, 2.24) is 14.5 Å². The van der Waals surface area contributed by atoms with Crippen LogP contribution in [0.1, 0.15) is 5.69 Å². The number of aromatic amines is 1. The Morgan fingerprint density at radius 2 is 1.89 bits per heavy atom. The average molecular weight is 423 g/mol. The highest BCUT2D eigenvalue weighted by Crippen LogP contribution is 2.32. The maximum Gasteiger partial charge on any atom is 0.252 e. The number of aromatic nitrogens is 2. The van der Waals surface area contributed by atoms with Crippen LogP contribution in [0.2, 0.25) is 5.02 Å². The molecular formula is C18H19ClN4O2S2. The maximum atomic E-state index is 13.0. The van der Waals surface area contributed by atoms with Crippen LogP contribution < -0.4 is 4.90 Å². The number of aryl methyl sites for hydroxylation is 1. The molecule has 0 spiro atoms. The zero-order valence-electron chi connectivity index (χ0n) is 14.7. The van der Waals surface area contributed by atoms with Gasteiger partial charge in [0.15, 0.2) is 0 Å². The fourth-order valence-corrected chi connectivity index (χ4v) is 6.16. The molecule has 0 radical (unpaired) electrons. The van der Waals surface area contributed by atoms with Gasteiger partial charge in [0.05, 0.1) is 4.88 Å². The molecule has 0 saturated carbocycles. The summed E-state index contributed by atoms with van der Waals surface area (Å²) in [6, 6.07) is 13.0. The van der Waals surface area contributed by atoms with Gasteiger partial charge in [-0.15, -0.1) is 11.3 Å². The van der Waals surface area contributed by atoms with Gasteiger partial charge in [0.2, 0.25) is 0 Å². The van der Waals surface area contributed by atoms with E-state index in [2.05, 4.69) is 15.1 Å². The van der Waals surface area contributed by atoms with Crippen molar-refractivity contribution in [2.24, 2.45) is 0 Å². The van der Waals surface area contributed by atoms with Crippen LogP contribution in [0, 0.1) is 6.92 Å². The fraction of sp³-hybridized carbons (Fsp3) is 0.278. The Hall–Kier alpha value is -1.87. The quantitative estimate of drug-likeness (QED) is 0.697. The van der Waals surface area contributed by atoms with Crippen LogP contribution in [0.5, 0.6) is 0 Å². The molecule has 1 aliphatic heterocycles. The lowest BCUT2D eigenvalue weighted by Crippen LogP contribution is -2.48. The number of nitrogens with zero attached hydrogens (tertiary/aromatic N) is 3. The Morgan fingerprint density at radius 1 is 1.11 bits per heavy atom. The van der Waals surface area contributed by atoms with Gasteiger partial charge in [-0.3, -0.25) is 5.10 Å². The monoisotopic (exact) mass is 422 g/mol. The van der Waals surface area contributed by atoms with Crippen LogP contribution in [0.3, 0.4) is 0 Å². The molecule has 1 saturated heterocycles. The van der Waals surface area contributed by atoms with Gasteiger partial charge in [-0.1, -0.05) is 17.7 Å². The van der Waals surface area contributed by atoms with Gasteiger partial charge in [0, 0.05) is 42.6 Å². The van der Waals surface area contributed by atoms with Crippen molar-refractivity contribution >= 4 is 38.6 Å². The highest BCUT2D eigenvalue weighted by Gasteiger charge is 2.30. The molecule has 1 N–H and O–H groups in total. The van der Waals surface area contributed by atoms with E-state index in [0.29, 0.717) is 35.4 Å². The summed E-state index contributed by atoms with van der Waals surface area (Å²) in [6.07, 6.45) is 0. The van der Waals surface area contributed by atoms with Gasteiger partial charge in [0.1, 0.15) is 9.90 Å². The minimum Gasteiger partial charge on any atom is -0.369 e. The first-order valence-electron chi connectivity index (χ1n) is 8.56. The normalized spacial score (nSPS) is 16.0. The fourth-order valence-electron chi connectivity index (χ4n) is 3.13. The number of anilines is 1. The lowest BCUT2D eigenvalue weighted by Gasteiger charge is -2.35. The summed E-state index contributed by atoms with van der Waals surface area (Å²) in [5, 5.41) is 7.77. The Kier molecular flexibility index (Phi) is 4.98. The third kappa shape index (κ3) is 3.75. The number of hydrogen-bond donors (Lipinski definition) is 1. The standard InChI is InChI=1S/C18H19ClN4O2S2/c1-13-11-16(21-20-13)17-5-6-18(26-17)27(24,25)23-9-7-22(8-10-23)15-4-2-3-14(19)12-15/h2-6,11-12H,7-10H2,1H3,(H,20,21). The van der Waals surface area contributed by atoms with Crippen LogP contribution in [-0.4, -0.2) is 49.1 Å². The first-order valence-corrected chi connectivity index (χ1v) is 11.2. The van der Waals surface area contributed by atoms with E-state index in [-0.39, 0.29) is 0 Å². The van der Waals surface area contributed by atoms with Crippen molar-refractivity contribution < 1.29 is 8.42 Å². The molecule has 1 aromatic carbocycles. The van der Waals surface area contributed by atoms with Crippen LogP contribution in [0.4, 0.5) is 5.69 Å². The average Bonchev–Trinajstić information content (AvgIpc) is 3.31. The summed E-state index contributed by atoms with van der Waals surface area (Å²) in [5.41, 5.74) is 2.73.